The smallest absolute Gasteiger partial charge is 0.416 e. The summed E-state index contributed by atoms with van der Waals surface area (Å²) in [4.78, 5) is 12.2. The second-order valence-corrected chi connectivity index (χ2v) is 8.76. The number of halogens is 3. The highest BCUT2D eigenvalue weighted by Crippen LogP contribution is 2.30. The third kappa shape index (κ3) is 5.75. The Morgan fingerprint density at radius 3 is 2.39 bits per heavy atom. The molecule has 0 atom stereocenters. The fraction of sp³-hybridized carbons (Fsp3) is 0.350. The summed E-state index contributed by atoms with van der Waals surface area (Å²) >= 11 is 0. The zero-order valence-electron chi connectivity index (χ0n) is 16.6. The number of anilines is 1. The number of amides is 1. The lowest BCUT2D eigenvalue weighted by molar-refractivity contribution is -0.137. The normalized spacial score (nSPS) is 15.5. The first-order valence-corrected chi connectivity index (χ1v) is 10.8. The first-order chi connectivity index (χ1) is 14.6. The van der Waals surface area contributed by atoms with Crippen LogP contribution in [0.4, 0.5) is 18.9 Å². The topological polar surface area (TPSA) is 84.9 Å². The van der Waals surface area contributed by atoms with E-state index in [1.165, 1.54) is 10.4 Å². The van der Waals surface area contributed by atoms with E-state index < -0.39 is 34.3 Å². The number of alkyl halides is 3. The van der Waals surface area contributed by atoms with Crippen molar-refractivity contribution in [2.45, 2.75) is 18.0 Å². The predicted molar refractivity (Wildman–Crippen MR) is 106 cm³/mol. The first-order valence-electron chi connectivity index (χ1n) is 9.36. The third-order valence-corrected chi connectivity index (χ3v) is 6.65. The molecule has 2 aromatic rings. The highest BCUT2D eigenvalue weighted by Gasteiger charge is 2.30. The van der Waals surface area contributed by atoms with E-state index in [-0.39, 0.29) is 29.4 Å². The molecular formula is C20H21F3N2O5S. The standard InChI is InChI=1S/C20H21F3N2O5S/c1-14-2-5-16(12-18(14)31(27,28)25-8-10-29-11-9-25)24-19(26)13-30-17-6-3-15(4-7-17)20(21,22)23/h2-7,12H,8-11,13H2,1H3,(H,24,26). The minimum atomic E-state index is -4.46. The lowest BCUT2D eigenvalue weighted by Gasteiger charge is -2.26. The summed E-state index contributed by atoms with van der Waals surface area (Å²) in [5.74, 6) is -0.485. The van der Waals surface area contributed by atoms with Crippen LogP contribution in [0.1, 0.15) is 11.1 Å². The molecule has 7 nitrogen and oxygen atoms in total. The molecule has 0 unspecified atom stereocenters. The highest BCUT2D eigenvalue weighted by molar-refractivity contribution is 7.89. The van der Waals surface area contributed by atoms with Gasteiger partial charge in [0.25, 0.3) is 5.91 Å². The lowest BCUT2D eigenvalue weighted by atomic mass is 10.2. The van der Waals surface area contributed by atoms with Crippen LogP contribution in [0.2, 0.25) is 0 Å². The third-order valence-electron chi connectivity index (χ3n) is 4.61. The molecule has 0 radical (unpaired) electrons. The molecule has 0 bridgehead atoms. The quantitative estimate of drug-likeness (QED) is 0.719. The molecule has 1 N–H and O–H groups in total. The second-order valence-electron chi connectivity index (χ2n) is 6.86. The van der Waals surface area contributed by atoms with Crippen molar-refractivity contribution in [3.63, 3.8) is 0 Å². The number of rotatable bonds is 6. The number of hydrogen-bond donors (Lipinski definition) is 1. The predicted octanol–water partition coefficient (Wildman–Crippen LogP) is 3.05. The monoisotopic (exact) mass is 458 g/mol. The van der Waals surface area contributed by atoms with Crippen LogP contribution in [0, 0.1) is 6.92 Å². The summed E-state index contributed by atoms with van der Waals surface area (Å²) in [5, 5.41) is 2.54. The molecule has 0 aliphatic carbocycles. The maximum absolute atomic E-state index is 12.9. The van der Waals surface area contributed by atoms with Crippen LogP contribution in [-0.4, -0.2) is 51.5 Å². The van der Waals surface area contributed by atoms with Crippen molar-refractivity contribution in [2.75, 3.05) is 38.2 Å². The SMILES string of the molecule is Cc1ccc(NC(=O)COc2ccc(C(F)(F)F)cc2)cc1S(=O)(=O)N1CCOCC1. The van der Waals surface area contributed by atoms with Crippen LogP contribution >= 0.6 is 0 Å². The molecule has 1 amide bonds. The van der Waals surface area contributed by atoms with E-state index in [0.29, 0.717) is 18.8 Å². The van der Waals surface area contributed by atoms with Gasteiger partial charge in [-0.05, 0) is 48.9 Å². The van der Waals surface area contributed by atoms with E-state index in [9.17, 15) is 26.4 Å². The average Bonchev–Trinajstić information content (AvgIpc) is 2.74. The maximum atomic E-state index is 12.9. The van der Waals surface area contributed by atoms with Crippen molar-refractivity contribution in [1.82, 2.24) is 4.31 Å². The summed E-state index contributed by atoms with van der Waals surface area (Å²) in [5.41, 5.74) is -0.0260. The van der Waals surface area contributed by atoms with Crippen molar-refractivity contribution < 1.29 is 35.9 Å². The number of carbonyl (C=O) groups is 1. The molecule has 1 saturated heterocycles. The first kappa shape index (κ1) is 23.0. The van der Waals surface area contributed by atoms with E-state index in [1.807, 2.05) is 0 Å². The van der Waals surface area contributed by atoms with E-state index in [2.05, 4.69) is 5.32 Å². The summed E-state index contributed by atoms with van der Waals surface area (Å²) in [7, 11) is -3.74. The Morgan fingerprint density at radius 2 is 1.77 bits per heavy atom. The fourth-order valence-corrected chi connectivity index (χ4v) is 4.63. The van der Waals surface area contributed by atoms with Gasteiger partial charge >= 0.3 is 6.18 Å². The van der Waals surface area contributed by atoms with Crippen molar-refractivity contribution in [3.8, 4) is 5.75 Å². The summed E-state index contributed by atoms with van der Waals surface area (Å²) in [6, 6.07) is 8.47. The van der Waals surface area contributed by atoms with E-state index in [0.717, 1.165) is 24.3 Å². The zero-order chi connectivity index (χ0) is 22.6. The fourth-order valence-electron chi connectivity index (χ4n) is 2.97. The Kier molecular flexibility index (Phi) is 6.87. The number of nitrogens with one attached hydrogen (secondary N) is 1. The number of sulfonamides is 1. The van der Waals surface area contributed by atoms with E-state index in [4.69, 9.17) is 9.47 Å². The van der Waals surface area contributed by atoms with Crippen LogP contribution < -0.4 is 10.1 Å². The van der Waals surface area contributed by atoms with Gasteiger partial charge in [0, 0.05) is 18.8 Å². The van der Waals surface area contributed by atoms with Crippen LogP contribution in [0.3, 0.4) is 0 Å². The van der Waals surface area contributed by atoms with Crippen LogP contribution in [0.15, 0.2) is 47.4 Å². The molecule has 2 aromatic carbocycles. The molecule has 1 fully saturated rings. The molecule has 31 heavy (non-hydrogen) atoms. The van der Waals surface area contributed by atoms with Crippen LogP contribution in [0.25, 0.3) is 0 Å². The minimum Gasteiger partial charge on any atom is -0.484 e. The van der Waals surface area contributed by atoms with Gasteiger partial charge in [-0.1, -0.05) is 6.07 Å². The van der Waals surface area contributed by atoms with Crippen LogP contribution in [0.5, 0.6) is 5.75 Å². The molecule has 1 aliphatic heterocycles. The van der Waals surface area contributed by atoms with Gasteiger partial charge in [-0.2, -0.15) is 17.5 Å². The summed E-state index contributed by atoms with van der Waals surface area (Å²) in [6.07, 6.45) is -4.46. The number of hydrogen-bond acceptors (Lipinski definition) is 5. The number of benzene rings is 2. The van der Waals surface area contributed by atoms with Gasteiger partial charge in [0.1, 0.15) is 5.75 Å². The molecule has 168 valence electrons. The largest absolute Gasteiger partial charge is 0.484 e. The Bertz CT molecular complexity index is 1030. The van der Waals surface area contributed by atoms with Crippen molar-refractivity contribution in [3.05, 3.63) is 53.6 Å². The molecule has 1 heterocycles. The summed E-state index contributed by atoms with van der Waals surface area (Å²) < 4.78 is 75.3. The van der Waals surface area contributed by atoms with Gasteiger partial charge in [0.15, 0.2) is 6.61 Å². The molecule has 0 aromatic heterocycles. The number of ether oxygens (including phenoxy) is 2. The van der Waals surface area contributed by atoms with Gasteiger partial charge in [0.05, 0.1) is 23.7 Å². The zero-order valence-corrected chi connectivity index (χ0v) is 17.4. The van der Waals surface area contributed by atoms with Crippen molar-refractivity contribution in [1.29, 1.82) is 0 Å². The van der Waals surface area contributed by atoms with Gasteiger partial charge in [-0.3, -0.25) is 4.79 Å². The Balaban J connectivity index is 1.64. The number of aryl methyl sites for hydroxylation is 1. The van der Waals surface area contributed by atoms with E-state index in [1.54, 1.807) is 19.1 Å². The summed E-state index contributed by atoms with van der Waals surface area (Å²) in [6.45, 7) is 2.34. The van der Waals surface area contributed by atoms with Gasteiger partial charge < -0.3 is 14.8 Å². The Morgan fingerprint density at radius 1 is 1.13 bits per heavy atom. The second kappa shape index (κ2) is 9.25. The molecule has 11 heteroatoms. The van der Waals surface area contributed by atoms with Gasteiger partial charge in [0.2, 0.25) is 10.0 Å². The number of nitrogens with zero attached hydrogens (tertiary/aromatic N) is 1. The molecule has 3 rings (SSSR count). The van der Waals surface area contributed by atoms with Gasteiger partial charge in [-0.25, -0.2) is 8.42 Å². The maximum Gasteiger partial charge on any atom is 0.416 e. The molecule has 0 spiro atoms. The minimum absolute atomic E-state index is 0.0795. The van der Waals surface area contributed by atoms with Gasteiger partial charge in [-0.15, -0.1) is 0 Å². The highest BCUT2D eigenvalue weighted by atomic mass is 32.2. The molecule has 1 aliphatic rings. The van der Waals surface area contributed by atoms with Crippen molar-refractivity contribution in [2.24, 2.45) is 0 Å². The number of morpholine rings is 1. The Labute approximate surface area is 177 Å². The Hall–Kier alpha value is -2.63. The number of carbonyl (C=O) groups excluding carboxylic acids is 1. The molecule has 0 saturated carbocycles. The van der Waals surface area contributed by atoms with Crippen molar-refractivity contribution >= 4 is 21.6 Å². The molecular weight excluding hydrogens is 437 g/mol. The lowest BCUT2D eigenvalue weighted by Crippen LogP contribution is -2.40. The van der Waals surface area contributed by atoms with Crippen LogP contribution in [-0.2, 0) is 25.7 Å². The average molecular weight is 458 g/mol. The van der Waals surface area contributed by atoms with E-state index >= 15 is 0 Å².